The van der Waals surface area contributed by atoms with Crippen molar-refractivity contribution in [3.05, 3.63) is 65.1 Å². The zero-order valence-electron chi connectivity index (χ0n) is 10.2. The molecular weight excluding hydrogens is 260 g/mol. The molecule has 4 heteroatoms. The van der Waals surface area contributed by atoms with Gasteiger partial charge in [-0.1, -0.05) is 29.8 Å². The lowest BCUT2D eigenvalue weighted by atomic mass is 10.1. The predicted octanol–water partition coefficient (Wildman–Crippen LogP) is 3.72. The van der Waals surface area contributed by atoms with E-state index in [2.05, 4.69) is 4.98 Å². The van der Waals surface area contributed by atoms with E-state index < -0.39 is 0 Å². The van der Waals surface area contributed by atoms with Gasteiger partial charge in [-0.25, -0.2) is 0 Å². The topological polar surface area (TPSA) is 52.0 Å². The third kappa shape index (κ3) is 2.48. The van der Waals surface area contributed by atoms with Crippen molar-refractivity contribution < 1.29 is 4.42 Å². The first-order valence-electron chi connectivity index (χ1n) is 6.06. The fraction of sp³-hybridized carbons (Fsp3) is 0.133. The van der Waals surface area contributed by atoms with Crippen molar-refractivity contribution in [3.8, 4) is 0 Å². The molecule has 3 rings (SSSR count). The largest absolute Gasteiger partial charge is 0.458 e. The number of nitrogens with zero attached hydrogens (tertiary/aromatic N) is 1. The van der Waals surface area contributed by atoms with Crippen molar-refractivity contribution in [3.63, 3.8) is 0 Å². The van der Waals surface area contributed by atoms with Crippen LogP contribution in [0.5, 0.6) is 0 Å². The van der Waals surface area contributed by atoms with Gasteiger partial charge >= 0.3 is 0 Å². The van der Waals surface area contributed by atoms with E-state index in [1.54, 1.807) is 6.20 Å². The van der Waals surface area contributed by atoms with Crippen LogP contribution in [0.3, 0.4) is 0 Å². The first-order valence-corrected chi connectivity index (χ1v) is 6.44. The number of hydrogen-bond acceptors (Lipinski definition) is 3. The molecule has 19 heavy (non-hydrogen) atoms. The summed E-state index contributed by atoms with van der Waals surface area (Å²) in [5.74, 6) is 0.743. The molecule has 0 aliphatic heterocycles. The Balaban J connectivity index is 1.89. The molecule has 0 aliphatic rings. The molecule has 96 valence electrons. The summed E-state index contributed by atoms with van der Waals surface area (Å²) in [7, 11) is 0. The molecule has 1 aromatic carbocycles. The Morgan fingerprint density at radius 3 is 2.89 bits per heavy atom. The van der Waals surface area contributed by atoms with Gasteiger partial charge in [0.25, 0.3) is 0 Å². The van der Waals surface area contributed by atoms with Crippen LogP contribution < -0.4 is 5.73 Å². The van der Waals surface area contributed by atoms with Crippen LogP contribution in [-0.4, -0.2) is 4.98 Å². The summed E-state index contributed by atoms with van der Waals surface area (Å²) in [5, 5.41) is 1.58. The van der Waals surface area contributed by atoms with Gasteiger partial charge in [0.1, 0.15) is 5.76 Å². The predicted molar refractivity (Wildman–Crippen MR) is 76.1 cm³/mol. The van der Waals surface area contributed by atoms with E-state index >= 15 is 0 Å². The smallest absolute Gasteiger partial charge is 0.152 e. The van der Waals surface area contributed by atoms with Gasteiger partial charge in [-0.15, -0.1) is 0 Å². The minimum atomic E-state index is -0.201. The van der Waals surface area contributed by atoms with E-state index in [9.17, 15) is 0 Å². The monoisotopic (exact) mass is 272 g/mol. The molecule has 0 amide bonds. The van der Waals surface area contributed by atoms with Crippen LogP contribution in [0.4, 0.5) is 0 Å². The van der Waals surface area contributed by atoms with Gasteiger partial charge in [-0.2, -0.15) is 0 Å². The molecule has 0 spiro atoms. The number of halogens is 1. The number of benzene rings is 1. The summed E-state index contributed by atoms with van der Waals surface area (Å²) < 4.78 is 5.76. The highest BCUT2D eigenvalue weighted by Gasteiger charge is 2.14. The number of hydrogen-bond donors (Lipinski definition) is 1. The van der Waals surface area contributed by atoms with Gasteiger partial charge in [-0.3, -0.25) is 4.98 Å². The van der Waals surface area contributed by atoms with Crippen LogP contribution in [0, 0.1) is 0 Å². The maximum absolute atomic E-state index is 6.18. The molecule has 0 saturated carbocycles. The Morgan fingerprint density at radius 1 is 1.26 bits per heavy atom. The second-order valence-corrected chi connectivity index (χ2v) is 4.89. The number of nitrogens with two attached hydrogens (primary N) is 1. The molecule has 3 aromatic rings. The number of pyridine rings is 1. The maximum atomic E-state index is 6.18. The highest BCUT2D eigenvalue weighted by atomic mass is 35.5. The summed E-state index contributed by atoms with van der Waals surface area (Å²) in [6.45, 7) is 0. The van der Waals surface area contributed by atoms with Gasteiger partial charge in [0.2, 0.25) is 0 Å². The van der Waals surface area contributed by atoms with Gasteiger partial charge in [0, 0.05) is 17.8 Å². The third-order valence-corrected chi connectivity index (χ3v) is 3.36. The number of para-hydroxylation sites is 1. The van der Waals surface area contributed by atoms with Gasteiger partial charge in [-0.05, 0) is 30.2 Å². The number of furan rings is 1. The van der Waals surface area contributed by atoms with E-state index in [1.165, 1.54) is 0 Å². The van der Waals surface area contributed by atoms with Crippen LogP contribution in [0.2, 0.25) is 5.02 Å². The van der Waals surface area contributed by atoms with E-state index in [0.29, 0.717) is 17.0 Å². The average molecular weight is 273 g/mol. The number of aromatic nitrogens is 1. The van der Waals surface area contributed by atoms with Crippen LogP contribution in [0.1, 0.15) is 17.4 Å². The lowest BCUT2D eigenvalue weighted by molar-refractivity contribution is 0.494. The number of rotatable bonds is 3. The molecule has 0 radical (unpaired) electrons. The standard InChI is InChI=1S/C15H13ClN2O/c16-12-5-1-4-11-8-14(19-15(11)12)13(17)7-10-3-2-6-18-9-10/h1-6,8-9,13H,7,17H2. The van der Waals surface area contributed by atoms with Crippen LogP contribution in [0.15, 0.2) is 53.2 Å². The lowest BCUT2D eigenvalue weighted by Crippen LogP contribution is -2.12. The summed E-state index contributed by atoms with van der Waals surface area (Å²) in [5.41, 5.74) is 7.96. The van der Waals surface area contributed by atoms with Crippen LogP contribution in [-0.2, 0) is 6.42 Å². The van der Waals surface area contributed by atoms with E-state index in [-0.39, 0.29) is 6.04 Å². The van der Waals surface area contributed by atoms with Crippen molar-refractivity contribution >= 4 is 22.6 Å². The Kier molecular flexibility index (Phi) is 3.23. The Labute approximate surface area is 116 Å². The van der Waals surface area contributed by atoms with Gasteiger partial charge in [0.05, 0.1) is 11.1 Å². The molecule has 1 atom stereocenters. The zero-order valence-corrected chi connectivity index (χ0v) is 11.0. The first kappa shape index (κ1) is 12.2. The molecular formula is C15H13ClN2O. The molecule has 2 heterocycles. The molecule has 0 bridgehead atoms. The quantitative estimate of drug-likeness (QED) is 0.790. The lowest BCUT2D eigenvalue weighted by Gasteiger charge is -2.07. The summed E-state index contributed by atoms with van der Waals surface area (Å²) >= 11 is 6.09. The Hall–Kier alpha value is -1.84. The van der Waals surface area contributed by atoms with Gasteiger partial charge < -0.3 is 10.2 Å². The fourth-order valence-electron chi connectivity index (χ4n) is 2.10. The van der Waals surface area contributed by atoms with Crippen molar-refractivity contribution in [2.45, 2.75) is 12.5 Å². The molecule has 0 aliphatic carbocycles. The molecule has 1 unspecified atom stereocenters. The van der Waals surface area contributed by atoms with Crippen molar-refractivity contribution in [2.24, 2.45) is 5.73 Å². The average Bonchev–Trinajstić information content (AvgIpc) is 2.85. The summed E-state index contributed by atoms with van der Waals surface area (Å²) in [4.78, 5) is 4.08. The van der Waals surface area contributed by atoms with E-state index in [0.717, 1.165) is 16.7 Å². The summed E-state index contributed by atoms with van der Waals surface area (Å²) in [6.07, 6.45) is 4.25. The van der Waals surface area contributed by atoms with Crippen molar-refractivity contribution in [1.29, 1.82) is 0 Å². The zero-order chi connectivity index (χ0) is 13.2. The maximum Gasteiger partial charge on any atom is 0.152 e. The van der Waals surface area contributed by atoms with E-state index in [1.807, 2.05) is 42.6 Å². The normalized spacial score (nSPS) is 12.7. The highest BCUT2D eigenvalue weighted by Crippen LogP contribution is 2.29. The van der Waals surface area contributed by atoms with Crippen molar-refractivity contribution in [1.82, 2.24) is 4.98 Å². The fourth-order valence-corrected chi connectivity index (χ4v) is 2.32. The molecule has 2 N–H and O–H groups in total. The minimum absolute atomic E-state index is 0.201. The van der Waals surface area contributed by atoms with Gasteiger partial charge in [0.15, 0.2) is 5.58 Å². The number of fused-ring (bicyclic) bond motifs is 1. The molecule has 3 nitrogen and oxygen atoms in total. The van der Waals surface area contributed by atoms with Crippen molar-refractivity contribution in [2.75, 3.05) is 0 Å². The highest BCUT2D eigenvalue weighted by molar-refractivity contribution is 6.34. The van der Waals surface area contributed by atoms with E-state index in [4.69, 9.17) is 21.8 Å². The SMILES string of the molecule is NC(Cc1cccnc1)c1cc2cccc(Cl)c2o1. The second kappa shape index (κ2) is 5.03. The summed E-state index contributed by atoms with van der Waals surface area (Å²) in [6, 6.07) is 11.3. The third-order valence-electron chi connectivity index (χ3n) is 3.06. The van der Waals surface area contributed by atoms with Crippen LogP contribution >= 0.6 is 11.6 Å². The minimum Gasteiger partial charge on any atom is -0.458 e. The Morgan fingerprint density at radius 2 is 2.16 bits per heavy atom. The molecule has 0 saturated heterocycles. The first-order chi connectivity index (χ1) is 9.24. The molecule has 0 fully saturated rings. The Bertz CT molecular complexity index is 694. The molecule has 2 aromatic heterocycles. The second-order valence-electron chi connectivity index (χ2n) is 4.48. The van der Waals surface area contributed by atoms with Crippen LogP contribution in [0.25, 0.3) is 11.0 Å².